The summed E-state index contributed by atoms with van der Waals surface area (Å²) in [6.07, 6.45) is 0.811. The first-order valence-corrected chi connectivity index (χ1v) is 7.85. The van der Waals surface area contributed by atoms with Crippen LogP contribution in [0.15, 0.2) is 24.3 Å². The van der Waals surface area contributed by atoms with E-state index < -0.39 is 0 Å². The molecule has 7 nitrogen and oxygen atoms in total. The van der Waals surface area contributed by atoms with Gasteiger partial charge in [0.25, 0.3) is 0 Å². The molecular formula is C17H26N4O3. The minimum absolute atomic E-state index is 0.0240. The largest absolute Gasteiger partial charge is 0.334 e. The minimum Gasteiger partial charge on any atom is -0.334 e. The van der Waals surface area contributed by atoms with Crippen molar-refractivity contribution in [2.24, 2.45) is 0 Å². The van der Waals surface area contributed by atoms with Gasteiger partial charge in [0.1, 0.15) is 0 Å². The Kier molecular flexibility index (Phi) is 7.91. The van der Waals surface area contributed by atoms with Crippen LogP contribution in [0, 0.1) is 0 Å². The summed E-state index contributed by atoms with van der Waals surface area (Å²) >= 11 is 0. The van der Waals surface area contributed by atoms with Crippen molar-refractivity contribution < 1.29 is 14.4 Å². The predicted octanol–water partition coefficient (Wildman–Crippen LogP) is 1.38. The summed E-state index contributed by atoms with van der Waals surface area (Å²) in [5.74, 6) is -0.520. The lowest BCUT2D eigenvalue weighted by Crippen LogP contribution is -2.38. The SMILES string of the molecule is CC(=O)Nc1ccc(NC(=O)CN(CCCN(C)C)C(C)=O)cc1. The van der Waals surface area contributed by atoms with Crippen molar-refractivity contribution in [3.05, 3.63) is 24.3 Å². The molecule has 24 heavy (non-hydrogen) atoms. The van der Waals surface area contributed by atoms with E-state index in [1.165, 1.54) is 18.7 Å². The summed E-state index contributed by atoms with van der Waals surface area (Å²) in [5.41, 5.74) is 1.28. The molecule has 1 aromatic carbocycles. The van der Waals surface area contributed by atoms with Gasteiger partial charge in [0.15, 0.2) is 0 Å². The van der Waals surface area contributed by atoms with E-state index in [2.05, 4.69) is 10.6 Å². The molecule has 1 rings (SSSR count). The first kappa shape index (κ1) is 19.6. The van der Waals surface area contributed by atoms with Gasteiger partial charge in [-0.3, -0.25) is 14.4 Å². The van der Waals surface area contributed by atoms with Crippen molar-refractivity contribution in [1.29, 1.82) is 0 Å². The smallest absolute Gasteiger partial charge is 0.243 e. The van der Waals surface area contributed by atoms with Crippen LogP contribution in [0.4, 0.5) is 11.4 Å². The Bertz CT molecular complexity index is 570. The number of hydrogen-bond acceptors (Lipinski definition) is 4. The summed E-state index contributed by atoms with van der Waals surface area (Å²) < 4.78 is 0. The predicted molar refractivity (Wildman–Crippen MR) is 94.8 cm³/mol. The van der Waals surface area contributed by atoms with Crippen LogP contribution in [-0.4, -0.2) is 61.3 Å². The van der Waals surface area contributed by atoms with Crippen molar-refractivity contribution in [2.75, 3.05) is 44.4 Å². The van der Waals surface area contributed by atoms with Crippen molar-refractivity contribution in [2.45, 2.75) is 20.3 Å². The molecule has 0 saturated carbocycles. The van der Waals surface area contributed by atoms with Crippen LogP contribution in [-0.2, 0) is 14.4 Å². The van der Waals surface area contributed by atoms with Crippen LogP contribution in [0.1, 0.15) is 20.3 Å². The lowest BCUT2D eigenvalue weighted by Gasteiger charge is -2.21. The monoisotopic (exact) mass is 334 g/mol. The van der Waals surface area contributed by atoms with Gasteiger partial charge >= 0.3 is 0 Å². The van der Waals surface area contributed by atoms with Gasteiger partial charge in [-0.25, -0.2) is 0 Å². The van der Waals surface area contributed by atoms with Crippen molar-refractivity contribution in [3.63, 3.8) is 0 Å². The van der Waals surface area contributed by atoms with Gasteiger partial charge in [-0.05, 0) is 51.3 Å². The number of hydrogen-bond donors (Lipinski definition) is 2. The summed E-state index contributed by atoms with van der Waals surface area (Å²) in [6.45, 7) is 4.32. The molecule has 0 radical (unpaired) electrons. The Morgan fingerprint density at radius 1 is 0.917 bits per heavy atom. The molecule has 0 saturated heterocycles. The molecule has 0 heterocycles. The molecule has 0 bridgehead atoms. The molecule has 0 fully saturated rings. The fourth-order valence-electron chi connectivity index (χ4n) is 2.14. The Morgan fingerprint density at radius 3 is 1.92 bits per heavy atom. The molecule has 0 unspecified atom stereocenters. The maximum Gasteiger partial charge on any atom is 0.243 e. The number of carbonyl (C=O) groups is 3. The summed E-state index contributed by atoms with van der Waals surface area (Å²) in [4.78, 5) is 38.3. The molecular weight excluding hydrogens is 308 g/mol. The topological polar surface area (TPSA) is 81.8 Å². The van der Waals surface area contributed by atoms with Gasteiger partial charge < -0.3 is 20.4 Å². The molecule has 0 aliphatic rings. The standard InChI is InChI=1S/C17H26N4O3/c1-13(22)18-15-6-8-16(9-7-15)19-17(24)12-21(14(2)23)11-5-10-20(3)4/h6-9H,5,10-12H2,1-4H3,(H,18,22)(H,19,24). The molecule has 0 spiro atoms. The third-order valence-corrected chi connectivity index (χ3v) is 3.30. The van der Waals surface area contributed by atoms with Gasteiger partial charge in [-0.2, -0.15) is 0 Å². The van der Waals surface area contributed by atoms with E-state index in [-0.39, 0.29) is 24.3 Å². The second-order valence-electron chi connectivity index (χ2n) is 5.90. The van der Waals surface area contributed by atoms with E-state index in [1.54, 1.807) is 24.3 Å². The van der Waals surface area contributed by atoms with Crippen LogP contribution in [0.25, 0.3) is 0 Å². The van der Waals surface area contributed by atoms with E-state index in [1.807, 2.05) is 19.0 Å². The van der Waals surface area contributed by atoms with Gasteiger partial charge in [-0.1, -0.05) is 0 Å². The Morgan fingerprint density at radius 2 is 1.46 bits per heavy atom. The van der Waals surface area contributed by atoms with E-state index in [9.17, 15) is 14.4 Å². The fraction of sp³-hybridized carbons (Fsp3) is 0.471. The zero-order chi connectivity index (χ0) is 18.1. The molecule has 0 atom stereocenters. The van der Waals surface area contributed by atoms with E-state index in [0.29, 0.717) is 17.9 Å². The third kappa shape index (κ3) is 7.73. The Balaban J connectivity index is 2.52. The van der Waals surface area contributed by atoms with Crippen LogP contribution in [0.3, 0.4) is 0 Å². The number of nitrogens with one attached hydrogen (secondary N) is 2. The fourth-order valence-corrected chi connectivity index (χ4v) is 2.14. The quantitative estimate of drug-likeness (QED) is 0.752. The average molecular weight is 334 g/mol. The second kappa shape index (κ2) is 9.67. The minimum atomic E-state index is -0.248. The molecule has 2 N–H and O–H groups in total. The molecule has 0 aromatic heterocycles. The number of benzene rings is 1. The van der Waals surface area contributed by atoms with Crippen molar-refractivity contribution in [3.8, 4) is 0 Å². The highest BCUT2D eigenvalue weighted by molar-refractivity contribution is 5.95. The zero-order valence-corrected chi connectivity index (χ0v) is 14.8. The normalized spacial score (nSPS) is 10.4. The molecule has 132 valence electrons. The highest BCUT2D eigenvalue weighted by Gasteiger charge is 2.13. The zero-order valence-electron chi connectivity index (χ0n) is 14.8. The number of carbonyl (C=O) groups excluding carboxylic acids is 3. The van der Waals surface area contributed by atoms with Crippen LogP contribution < -0.4 is 10.6 Å². The number of rotatable bonds is 8. The highest BCUT2D eigenvalue weighted by Crippen LogP contribution is 2.13. The number of amides is 3. The van der Waals surface area contributed by atoms with Crippen LogP contribution >= 0.6 is 0 Å². The van der Waals surface area contributed by atoms with Gasteiger partial charge in [0, 0.05) is 31.8 Å². The molecule has 1 aromatic rings. The Labute approximate surface area is 143 Å². The summed E-state index contributed by atoms with van der Waals surface area (Å²) in [5, 5.41) is 5.41. The van der Waals surface area contributed by atoms with Crippen LogP contribution in [0.2, 0.25) is 0 Å². The van der Waals surface area contributed by atoms with E-state index >= 15 is 0 Å². The third-order valence-electron chi connectivity index (χ3n) is 3.30. The van der Waals surface area contributed by atoms with Crippen molar-refractivity contribution >= 4 is 29.1 Å². The van der Waals surface area contributed by atoms with Gasteiger partial charge in [-0.15, -0.1) is 0 Å². The maximum atomic E-state index is 12.1. The average Bonchev–Trinajstić information content (AvgIpc) is 2.47. The second-order valence-corrected chi connectivity index (χ2v) is 5.90. The maximum absolute atomic E-state index is 12.1. The van der Waals surface area contributed by atoms with E-state index in [0.717, 1.165) is 13.0 Å². The number of nitrogens with zero attached hydrogens (tertiary/aromatic N) is 2. The molecule has 7 heteroatoms. The van der Waals surface area contributed by atoms with Gasteiger partial charge in [0.05, 0.1) is 6.54 Å². The highest BCUT2D eigenvalue weighted by atomic mass is 16.2. The molecule has 3 amide bonds. The van der Waals surface area contributed by atoms with Gasteiger partial charge in [0.2, 0.25) is 17.7 Å². The summed E-state index contributed by atoms with van der Waals surface area (Å²) in [7, 11) is 3.94. The first-order chi connectivity index (χ1) is 11.3. The van der Waals surface area contributed by atoms with Crippen LogP contribution in [0.5, 0.6) is 0 Å². The van der Waals surface area contributed by atoms with E-state index in [4.69, 9.17) is 0 Å². The molecule has 0 aliphatic carbocycles. The Hall–Kier alpha value is -2.41. The lowest BCUT2D eigenvalue weighted by atomic mass is 10.2. The lowest BCUT2D eigenvalue weighted by molar-refractivity contribution is -0.132. The summed E-state index contributed by atoms with van der Waals surface area (Å²) in [6, 6.07) is 6.81. The first-order valence-electron chi connectivity index (χ1n) is 7.85. The molecule has 0 aliphatic heterocycles. The number of anilines is 2. The van der Waals surface area contributed by atoms with Crippen molar-refractivity contribution in [1.82, 2.24) is 9.80 Å².